The summed E-state index contributed by atoms with van der Waals surface area (Å²) < 4.78 is 25.5. The molecule has 0 saturated heterocycles. The molecule has 0 bridgehead atoms. The summed E-state index contributed by atoms with van der Waals surface area (Å²) in [6, 6.07) is 9.68. The quantitative estimate of drug-likeness (QED) is 0.713. The van der Waals surface area contributed by atoms with Crippen molar-refractivity contribution in [2.45, 2.75) is 12.8 Å². The Morgan fingerprint density at radius 3 is 2.33 bits per heavy atom. The summed E-state index contributed by atoms with van der Waals surface area (Å²) >= 11 is 6.94. The molecule has 0 radical (unpaired) electrons. The third-order valence-electron chi connectivity index (χ3n) is 2.92. The van der Waals surface area contributed by atoms with Gasteiger partial charge in [0.05, 0.1) is 26.8 Å². The summed E-state index contributed by atoms with van der Waals surface area (Å²) in [5.74, 6) is -0.543. The number of thiophene rings is 1. The van der Waals surface area contributed by atoms with E-state index in [0.717, 1.165) is 6.26 Å². The van der Waals surface area contributed by atoms with Crippen LogP contribution in [0.4, 0.5) is 11.4 Å². The van der Waals surface area contributed by atoms with Gasteiger partial charge in [-0.15, -0.1) is 11.3 Å². The van der Waals surface area contributed by atoms with Gasteiger partial charge < -0.3 is 5.32 Å². The lowest BCUT2D eigenvalue weighted by Crippen LogP contribution is -2.16. The molecule has 0 aliphatic carbocycles. The molecule has 0 spiro atoms. The van der Waals surface area contributed by atoms with Gasteiger partial charge in [0.1, 0.15) is 0 Å². The van der Waals surface area contributed by atoms with Crippen LogP contribution in [-0.4, -0.2) is 26.4 Å². The zero-order chi connectivity index (χ0) is 17.7. The van der Waals surface area contributed by atoms with Gasteiger partial charge in [0, 0.05) is 12.8 Å². The standard InChI is InChI=1S/C15H15ClN2O4S2/c1-24(21,22)18-11-5-3-2-4-10(11)17-15(20)9-6-12(19)13-7-8-14(16)23-13/h2-5,7-8,18H,6,9H2,1H3,(H,17,20). The van der Waals surface area contributed by atoms with Gasteiger partial charge in [0.25, 0.3) is 0 Å². The van der Waals surface area contributed by atoms with E-state index < -0.39 is 10.0 Å². The number of sulfonamides is 1. The molecule has 2 aromatic rings. The molecule has 128 valence electrons. The molecule has 0 saturated carbocycles. The largest absolute Gasteiger partial charge is 0.324 e. The molecule has 0 fully saturated rings. The zero-order valence-electron chi connectivity index (χ0n) is 12.7. The van der Waals surface area contributed by atoms with Gasteiger partial charge in [-0.1, -0.05) is 23.7 Å². The summed E-state index contributed by atoms with van der Waals surface area (Å²) in [6.07, 6.45) is 1.06. The number of Topliss-reactive ketones (excluding diaryl/α,β-unsaturated/α-hetero) is 1. The highest BCUT2D eigenvalue weighted by Crippen LogP contribution is 2.24. The first-order valence-electron chi connectivity index (χ1n) is 6.90. The van der Waals surface area contributed by atoms with Gasteiger partial charge in [-0.2, -0.15) is 0 Å². The lowest BCUT2D eigenvalue weighted by atomic mass is 10.2. The van der Waals surface area contributed by atoms with Crippen LogP contribution in [0.15, 0.2) is 36.4 Å². The van der Waals surface area contributed by atoms with Crippen molar-refractivity contribution in [2.75, 3.05) is 16.3 Å². The number of hydrogen-bond donors (Lipinski definition) is 2. The highest BCUT2D eigenvalue weighted by atomic mass is 35.5. The third-order valence-corrected chi connectivity index (χ3v) is 4.79. The van der Waals surface area contributed by atoms with E-state index in [1.807, 2.05) is 0 Å². The predicted molar refractivity (Wildman–Crippen MR) is 96.4 cm³/mol. The van der Waals surface area contributed by atoms with Crippen molar-refractivity contribution in [3.05, 3.63) is 45.6 Å². The molecule has 1 aromatic heterocycles. The average molecular weight is 387 g/mol. The van der Waals surface area contributed by atoms with Crippen LogP contribution in [0.25, 0.3) is 0 Å². The molecule has 0 aliphatic heterocycles. The van der Waals surface area contributed by atoms with Crippen molar-refractivity contribution in [2.24, 2.45) is 0 Å². The molecule has 1 amide bonds. The Kier molecular flexibility index (Phi) is 5.98. The first-order chi connectivity index (χ1) is 11.2. The maximum atomic E-state index is 12.0. The van der Waals surface area contributed by atoms with Crippen LogP contribution in [0, 0.1) is 0 Å². The number of benzene rings is 1. The molecule has 0 unspecified atom stereocenters. The summed E-state index contributed by atoms with van der Waals surface area (Å²) in [5.41, 5.74) is 0.601. The van der Waals surface area contributed by atoms with Crippen LogP contribution in [0.1, 0.15) is 22.5 Å². The minimum atomic E-state index is -3.46. The number of amides is 1. The molecular weight excluding hydrogens is 372 g/mol. The Bertz CT molecular complexity index is 862. The Balaban J connectivity index is 1.96. The van der Waals surface area contributed by atoms with E-state index in [0.29, 0.717) is 14.9 Å². The summed E-state index contributed by atoms with van der Waals surface area (Å²) in [4.78, 5) is 24.5. The van der Waals surface area contributed by atoms with Gasteiger partial charge in [-0.25, -0.2) is 8.42 Å². The summed E-state index contributed by atoms with van der Waals surface area (Å²) in [7, 11) is -3.46. The Morgan fingerprint density at radius 2 is 1.75 bits per heavy atom. The maximum absolute atomic E-state index is 12.0. The van der Waals surface area contributed by atoms with Crippen LogP contribution in [0.5, 0.6) is 0 Å². The molecule has 2 rings (SSSR count). The smallest absolute Gasteiger partial charge is 0.229 e. The minimum Gasteiger partial charge on any atom is -0.324 e. The monoisotopic (exact) mass is 386 g/mol. The fraction of sp³-hybridized carbons (Fsp3) is 0.200. The number of carbonyl (C=O) groups is 2. The van der Waals surface area contributed by atoms with E-state index in [1.165, 1.54) is 17.4 Å². The Hall–Kier alpha value is -1.90. The van der Waals surface area contributed by atoms with Crippen LogP contribution in [0.2, 0.25) is 4.34 Å². The van der Waals surface area contributed by atoms with Crippen molar-refractivity contribution in [1.82, 2.24) is 0 Å². The Morgan fingerprint density at radius 1 is 1.08 bits per heavy atom. The van der Waals surface area contributed by atoms with E-state index >= 15 is 0 Å². The molecule has 24 heavy (non-hydrogen) atoms. The van der Waals surface area contributed by atoms with Gasteiger partial charge >= 0.3 is 0 Å². The molecule has 0 atom stereocenters. The number of halogens is 1. The van der Waals surface area contributed by atoms with Gasteiger partial charge in [-0.05, 0) is 24.3 Å². The topological polar surface area (TPSA) is 92.3 Å². The number of carbonyl (C=O) groups excluding carboxylic acids is 2. The average Bonchev–Trinajstić information content (AvgIpc) is 2.92. The Labute approximate surface area is 148 Å². The van der Waals surface area contributed by atoms with Crippen LogP contribution < -0.4 is 10.0 Å². The lowest BCUT2D eigenvalue weighted by molar-refractivity contribution is -0.116. The first kappa shape index (κ1) is 18.4. The molecule has 9 heteroatoms. The fourth-order valence-corrected chi connectivity index (χ4v) is 3.50. The number of rotatable bonds is 7. The number of ketones is 1. The summed E-state index contributed by atoms with van der Waals surface area (Å²) in [6.45, 7) is 0. The van der Waals surface area contributed by atoms with Gasteiger partial charge in [-0.3, -0.25) is 14.3 Å². The number of anilines is 2. The normalized spacial score (nSPS) is 11.1. The lowest BCUT2D eigenvalue weighted by Gasteiger charge is -2.11. The second-order valence-electron chi connectivity index (χ2n) is 4.99. The van der Waals surface area contributed by atoms with Crippen LogP contribution >= 0.6 is 22.9 Å². The van der Waals surface area contributed by atoms with Crippen molar-refractivity contribution in [3.63, 3.8) is 0 Å². The van der Waals surface area contributed by atoms with Crippen molar-refractivity contribution in [1.29, 1.82) is 0 Å². The molecule has 6 nitrogen and oxygen atoms in total. The van der Waals surface area contributed by atoms with E-state index in [-0.39, 0.29) is 30.2 Å². The van der Waals surface area contributed by atoms with Gasteiger partial charge in [0.2, 0.25) is 15.9 Å². The minimum absolute atomic E-state index is 0.0123. The SMILES string of the molecule is CS(=O)(=O)Nc1ccccc1NC(=O)CCC(=O)c1ccc(Cl)s1. The molecular formula is C15H15ClN2O4S2. The number of nitrogens with one attached hydrogen (secondary N) is 2. The third kappa shape index (κ3) is 5.63. The van der Waals surface area contributed by atoms with E-state index in [1.54, 1.807) is 30.3 Å². The second kappa shape index (κ2) is 7.78. The van der Waals surface area contributed by atoms with E-state index in [4.69, 9.17) is 11.6 Å². The summed E-state index contributed by atoms with van der Waals surface area (Å²) in [5, 5.41) is 2.60. The predicted octanol–water partition coefficient (Wildman–Crippen LogP) is 3.37. The van der Waals surface area contributed by atoms with Crippen LogP contribution in [-0.2, 0) is 14.8 Å². The van der Waals surface area contributed by atoms with E-state index in [9.17, 15) is 18.0 Å². The van der Waals surface area contributed by atoms with Gasteiger partial charge in [0.15, 0.2) is 5.78 Å². The second-order valence-corrected chi connectivity index (χ2v) is 8.46. The highest BCUT2D eigenvalue weighted by molar-refractivity contribution is 7.92. The first-order valence-corrected chi connectivity index (χ1v) is 9.98. The van der Waals surface area contributed by atoms with E-state index in [2.05, 4.69) is 10.0 Å². The molecule has 1 heterocycles. The van der Waals surface area contributed by atoms with Crippen LogP contribution in [0.3, 0.4) is 0 Å². The highest BCUT2D eigenvalue weighted by Gasteiger charge is 2.13. The maximum Gasteiger partial charge on any atom is 0.229 e. The zero-order valence-corrected chi connectivity index (χ0v) is 15.1. The number of para-hydroxylation sites is 2. The fourth-order valence-electron chi connectivity index (χ4n) is 1.91. The van der Waals surface area contributed by atoms with Crippen molar-refractivity contribution in [3.8, 4) is 0 Å². The molecule has 0 aliphatic rings. The number of hydrogen-bond acceptors (Lipinski definition) is 5. The van der Waals surface area contributed by atoms with Crippen molar-refractivity contribution >= 4 is 56.0 Å². The van der Waals surface area contributed by atoms with Crippen molar-refractivity contribution < 1.29 is 18.0 Å². The molecule has 2 N–H and O–H groups in total. The molecule has 1 aromatic carbocycles.